The van der Waals surface area contributed by atoms with Gasteiger partial charge in [0, 0.05) is 19.3 Å². The standard InChI is InChI=1S/C59H100O6/c1-4-7-10-13-16-19-21-23-25-27-29-31-33-35-37-40-43-46-49-52-58(61)64-55-56(54-63-57(60)51-48-45-42-39-18-15-12-9-6-3)65-59(62)53-50-47-44-41-38-36-34-32-30-28-26-24-22-20-17-14-11-8-5-2/h16-17,19-20,23-26,29-32,35,37,56H,4-15,18,21-22,27-28,33-34,36,38-55H2,1-3H3/b19-16-,20-17-,25-23-,26-24-,31-29-,32-30-,37-35-/t56-/m1/s1. The molecule has 0 aliphatic heterocycles. The van der Waals surface area contributed by atoms with Crippen LogP contribution < -0.4 is 0 Å². The van der Waals surface area contributed by atoms with Crippen molar-refractivity contribution in [3.63, 3.8) is 0 Å². The highest BCUT2D eigenvalue weighted by Crippen LogP contribution is 2.14. The van der Waals surface area contributed by atoms with Gasteiger partial charge in [-0.1, -0.05) is 215 Å². The molecule has 0 aromatic carbocycles. The van der Waals surface area contributed by atoms with Crippen LogP contribution in [0.4, 0.5) is 0 Å². The molecule has 0 aliphatic rings. The van der Waals surface area contributed by atoms with E-state index in [1.807, 2.05) is 0 Å². The Morgan fingerprint density at radius 1 is 0.308 bits per heavy atom. The second kappa shape index (κ2) is 53.2. The summed E-state index contributed by atoms with van der Waals surface area (Å²) >= 11 is 0. The molecule has 0 heterocycles. The second-order valence-electron chi connectivity index (χ2n) is 17.8. The van der Waals surface area contributed by atoms with Gasteiger partial charge in [0.05, 0.1) is 0 Å². The first-order chi connectivity index (χ1) is 32.0. The third-order valence-electron chi connectivity index (χ3n) is 11.4. The molecule has 0 radical (unpaired) electrons. The highest BCUT2D eigenvalue weighted by molar-refractivity contribution is 5.71. The van der Waals surface area contributed by atoms with E-state index in [2.05, 4.69) is 106 Å². The Morgan fingerprint density at radius 2 is 0.554 bits per heavy atom. The molecule has 0 bridgehead atoms. The lowest BCUT2D eigenvalue weighted by atomic mass is 10.1. The van der Waals surface area contributed by atoms with Gasteiger partial charge in [-0.2, -0.15) is 0 Å². The summed E-state index contributed by atoms with van der Waals surface area (Å²) in [5.74, 6) is -0.938. The molecular formula is C59H100O6. The molecule has 65 heavy (non-hydrogen) atoms. The van der Waals surface area contributed by atoms with E-state index >= 15 is 0 Å². The van der Waals surface area contributed by atoms with E-state index in [0.29, 0.717) is 19.3 Å². The third kappa shape index (κ3) is 51.4. The molecule has 1 atom stereocenters. The smallest absolute Gasteiger partial charge is 0.306 e. The van der Waals surface area contributed by atoms with Gasteiger partial charge in [-0.25, -0.2) is 0 Å². The van der Waals surface area contributed by atoms with Gasteiger partial charge >= 0.3 is 17.9 Å². The van der Waals surface area contributed by atoms with Crippen LogP contribution in [0.3, 0.4) is 0 Å². The number of hydrogen-bond donors (Lipinski definition) is 0. The number of esters is 3. The van der Waals surface area contributed by atoms with Gasteiger partial charge < -0.3 is 14.2 Å². The minimum absolute atomic E-state index is 0.0916. The molecule has 0 unspecified atom stereocenters. The van der Waals surface area contributed by atoms with Gasteiger partial charge in [0.2, 0.25) is 0 Å². The summed E-state index contributed by atoms with van der Waals surface area (Å²) in [6, 6.07) is 0. The molecule has 0 spiro atoms. The van der Waals surface area contributed by atoms with Crippen molar-refractivity contribution in [3.05, 3.63) is 85.1 Å². The number of carbonyl (C=O) groups excluding carboxylic acids is 3. The Hall–Kier alpha value is -3.41. The monoisotopic (exact) mass is 905 g/mol. The van der Waals surface area contributed by atoms with Gasteiger partial charge in [-0.15, -0.1) is 0 Å². The van der Waals surface area contributed by atoms with Crippen LogP contribution in [0.15, 0.2) is 85.1 Å². The van der Waals surface area contributed by atoms with Gasteiger partial charge in [0.15, 0.2) is 6.10 Å². The van der Waals surface area contributed by atoms with Crippen LogP contribution >= 0.6 is 0 Å². The van der Waals surface area contributed by atoms with E-state index in [9.17, 15) is 14.4 Å². The van der Waals surface area contributed by atoms with Crippen molar-refractivity contribution < 1.29 is 28.6 Å². The van der Waals surface area contributed by atoms with Crippen molar-refractivity contribution in [1.82, 2.24) is 0 Å². The van der Waals surface area contributed by atoms with E-state index in [-0.39, 0.29) is 31.1 Å². The Balaban J connectivity index is 4.40. The Morgan fingerprint density at radius 3 is 0.908 bits per heavy atom. The van der Waals surface area contributed by atoms with E-state index in [4.69, 9.17) is 14.2 Å². The quantitative estimate of drug-likeness (QED) is 0.0262. The molecule has 0 aliphatic carbocycles. The summed E-state index contributed by atoms with van der Waals surface area (Å²) in [7, 11) is 0. The van der Waals surface area contributed by atoms with Crippen LogP contribution in [0.5, 0.6) is 0 Å². The molecule has 0 aromatic rings. The van der Waals surface area contributed by atoms with Crippen molar-refractivity contribution in [2.45, 2.75) is 258 Å². The molecule has 372 valence electrons. The number of ether oxygens (including phenoxy) is 3. The summed E-state index contributed by atoms with van der Waals surface area (Å²) in [5, 5.41) is 0. The zero-order valence-corrected chi connectivity index (χ0v) is 42.5. The number of hydrogen-bond acceptors (Lipinski definition) is 6. The van der Waals surface area contributed by atoms with Gasteiger partial charge in [0.1, 0.15) is 13.2 Å². The van der Waals surface area contributed by atoms with Crippen LogP contribution in [-0.2, 0) is 28.6 Å². The first kappa shape index (κ1) is 61.6. The summed E-state index contributed by atoms with van der Waals surface area (Å²) in [5.41, 5.74) is 0. The third-order valence-corrected chi connectivity index (χ3v) is 11.4. The maximum absolute atomic E-state index is 12.8. The minimum Gasteiger partial charge on any atom is -0.462 e. The summed E-state index contributed by atoms with van der Waals surface area (Å²) in [6.07, 6.45) is 68.5. The van der Waals surface area contributed by atoms with Crippen molar-refractivity contribution in [1.29, 1.82) is 0 Å². The van der Waals surface area contributed by atoms with Crippen LogP contribution in [0.2, 0.25) is 0 Å². The van der Waals surface area contributed by atoms with Gasteiger partial charge in [-0.05, 0) is 103 Å². The summed E-state index contributed by atoms with van der Waals surface area (Å²) in [4.78, 5) is 38.0. The average Bonchev–Trinajstić information content (AvgIpc) is 3.30. The first-order valence-electron chi connectivity index (χ1n) is 27.1. The summed E-state index contributed by atoms with van der Waals surface area (Å²) in [6.45, 7) is 6.52. The van der Waals surface area contributed by atoms with Crippen LogP contribution in [0.1, 0.15) is 252 Å². The van der Waals surface area contributed by atoms with Crippen molar-refractivity contribution in [2.75, 3.05) is 13.2 Å². The predicted octanol–water partition coefficient (Wildman–Crippen LogP) is 18.0. The minimum atomic E-state index is -0.795. The van der Waals surface area contributed by atoms with Crippen LogP contribution in [0, 0.1) is 0 Å². The highest BCUT2D eigenvalue weighted by atomic mass is 16.6. The Labute approximate surface area is 401 Å². The SMILES string of the molecule is CCCCC/C=C\C/C=C\C/C=C\C/C=C\CCCCCC(=O)OC[C@@H](COC(=O)CCCCCCCCCCC)OC(=O)CCCCCCCC/C=C\C/C=C\C/C=C\CCCCC. The normalized spacial score (nSPS) is 12.7. The molecule has 0 saturated carbocycles. The number of rotatable bonds is 48. The summed E-state index contributed by atoms with van der Waals surface area (Å²) < 4.78 is 16.8. The van der Waals surface area contributed by atoms with E-state index in [1.165, 1.54) is 103 Å². The average molecular weight is 905 g/mol. The fourth-order valence-corrected chi connectivity index (χ4v) is 7.25. The largest absolute Gasteiger partial charge is 0.462 e. The zero-order chi connectivity index (χ0) is 47.2. The topological polar surface area (TPSA) is 78.9 Å². The maximum atomic E-state index is 12.8. The molecule has 0 aromatic heterocycles. The molecular weight excluding hydrogens is 805 g/mol. The molecule has 0 saturated heterocycles. The predicted molar refractivity (Wildman–Crippen MR) is 279 cm³/mol. The Bertz CT molecular complexity index is 1270. The maximum Gasteiger partial charge on any atom is 0.306 e. The lowest BCUT2D eigenvalue weighted by molar-refractivity contribution is -0.167. The number of unbranched alkanes of at least 4 members (excludes halogenated alkanes) is 23. The first-order valence-corrected chi connectivity index (χ1v) is 27.1. The van der Waals surface area contributed by atoms with Crippen molar-refractivity contribution >= 4 is 17.9 Å². The highest BCUT2D eigenvalue weighted by Gasteiger charge is 2.19. The van der Waals surface area contributed by atoms with E-state index in [1.54, 1.807) is 0 Å². The Kier molecular flexibility index (Phi) is 50.4. The zero-order valence-electron chi connectivity index (χ0n) is 42.5. The van der Waals surface area contributed by atoms with Crippen LogP contribution in [-0.4, -0.2) is 37.2 Å². The van der Waals surface area contributed by atoms with Crippen LogP contribution in [0.25, 0.3) is 0 Å². The van der Waals surface area contributed by atoms with Gasteiger partial charge in [-0.3, -0.25) is 14.4 Å². The fraction of sp³-hybridized carbons (Fsp3) is 0.712. The van der Waals surface area contributed by atoms with Crippen molar-refractivity contribution in [2.24, 2.45) is 0 Å². The lowest BCUT2D eigenvalue weighted by Gasteiger charge is -2.18. The van der Waals surface area contributed by atoms with E-state index in [0.717, 1.165) is 109 Å². The van der Waals surface area contributed by atoms with Gasteiger partial charge in [0.25, 0.3) is 0 Å². The van der Waals surface area contributed by atoms with E-state index < -0.39 is 6.10 Å². The number of carbonyl (C=O) groups is 3. The molecule has 6 nitrogen and oxygen atoms in total. The number of allylic oxidation sites excluding steroid dienone is 14. The fourth-order valence-electron chi connectivity index (χ4n) is 7.25. The molecule has 0 amide bonds. The molecule has 0 N–H and O–H groups in total. The molecule has 6 heteroatoms. The molecule has 0 rings (SSSR count). The van der Waals surface area contributed by atoms with Crippen molar-refractivity contribution in [3.8, 4) is 0 Å². The lowest BCUT2D eigenvalue weighted by Crippen LogP contribution is -2.30. The molecule has 0 fully saturated rings. The second-order valence-corrected chi connectivity index (χ2v) is 17.8.